The van der Waals surface area contributed by atoms with Crippen molar-refractivity contribution in [3.05, 3.63) is 24.0 Å². The maximum Gasteiger partial charge on any atom is 0.111 e. The molecule has 74 valence electrons. The zero-order valence-electron chi connectivity index (χ0n) is 8.42. The molecule has 0 radical (unpaired) electrons. The quantitative estimate of drug-likeness (QED) is 0.695. The highest BCUT2D eigenvalue weighted by atomic mass is 32.2. The van der Waals surface area contributed by atoms with Crippen LogP contribution in [0.1, 0.15) is 33.1 Å². The summed E-state index contributed by atoms with van der Waals surface area (Å²) < 4.78 is 0.210. The number of unbranched alkanes of at least 4 members (excludes halogenated alkanes) is 1. The summed E-state index contributed by atoms with van der Waals surface area (Å²) in [5.41, 5.74) is 0. The summed E-state index contributed by atoms with van der Waals surface area (Å²) in [5, 5.41) is 9.18. The molecular weight excluding hydrogens is 180 g/mol. The fraction of sp³-hybridized carbons (Fsp3) is 0.636. The molecule has 1 aliphatic carbocycles. The van der Waals surface area contributed by atoms with Crippen molar-refractivity contribution in [3.63, 3.8) is 0 Å². The van der Waals surface area contributed by atoms with Crippen molar-refractivity contribution in [3.8, 4) is 0 Å². The number of hydrogen-bond donors (Lipinski definition) is 1. The second kappa shape index (κ2) is 4.75. The van der Waals surface area contributed by atoms with Crippen molar-refractivity contribution in [1.82, 2.24) is 0 Å². The van der Waals surface area contributed by atoms with Crippen LogP contribution >= 0.6 is 11.8 Å². The molecule has 1 unspecified atom stereocenters. The van der Waals surface area contributed by atoms with E-state index in [4.69, 9.17) is 0 Å². The Morgan fingerprint density at radius 1 is 1.62 bits per heavy atom. The average molecular weight is 198 g/mol. The number of rotatable bonds is 4. The van der Waals surface area contributed by atoms with Crippen LogP contribution < -0.4 is 0 Å². The Bertz CT molecular complexity index is 220. The lowest BCUT2D eigenvalue weighted by Crippen LogP contribution is -2.18. The van der Waals surface area contributed by atoms with Gasteiger partial charge in [-0.25, -0.2) is 0 Å². The Morgan fingerprint density at radius 2 is 2.38 bits per heavy atom. The van der Waals surface area contributed by atoms with Gasteiger partial charge < -0.3 is 5.11 Å². The third-order valence-corrected chi connectivity index (χ3v) is 3.71. The van der Waals surface area contributed by atoms with Gasteiger partial charge in [0.25, 0.3) is 0 Å². The van der Waals surface area contributed by atoms with Crippen LogP contribution in [-0.4, -0.2) is 15.6 Å². The Morgan fingerprint density at radius 3 is 2.92 bits per heavy atom. The summed E-state index contributed by atoms with van der Waals surface area (Å²) in [5.74, 6) is 1.62. The van der Waals surface area contributed by atoms with Gasteiger partial charge in [0.1, 0.15) is 5.76 Å². The first-order valence-electron chi connectivity index (χ1n) is 4.88. The lowest BCUT2D eigenvalue weighted by Gasteiger charge is -2.26. The molecule has 0 bridgehead atoms. The predicted molar refractivity (Wildman–Crippen MR) is 60.2 cm³/mol. The Labute approximate surface area is 84.9 Å². The van der Waals surface area contributed by atoms with Crippen LogP contribution in [0, 0.1) is 0 Å². The van der Waals surface area contributed by atoms with Gasteiger partial charge in [-0.3, -0.25) is 0 Å². The molecule has 0 aliphatic heterocycles. The third-order valence-electron chi connectivity index (χ3n) is 2.25. The minimum Gasteiger partial charge on any atom is -0.508 e. The maximum absolute atomic E-state index is 9.18. The Kier molecular flexibility index (Phi) is 3.91. The molecule has 0 aromatic carbocycles. The van der Waals surface area contributed by atoms with Gasteiger partial charge in [-0.15, -0.1) is 0 Å². The first kappa shape index (κ1) is 10.7. The third kappa shape index (κ3) is 3.47. The molecule has 0 heterocycles. The standard InChI is InChI=1S/C11H18OS/c1-3-4-9-13-11(2)7-5-10(12)6-8-11/h5-7,12H,3-4,8-9H2,1-2H3. The van der Waals surface area contributed by atoms with Crippen molar-refractivity contribution in [2.75, 3.05) is 5.75 Å². The fourth-order valence-corrected chi connectivity index (χ4v) is 2.53. The summed E-state index contributed by atoms with van der Waals surface area (Å²) in [4.78, 5) is 0. The molecule has 1 N–H and O–H groups in total. The largest absolute Gasteiger partial charge is 0.508 e. The lowest BCUT2D eigenvalue weighted by molar-refractivity contribution is 0.424. The number of aliphatic hydroxyl groups is 1. The van der Waals surface area contributed by atoms with Gasteiger partial charge in [0.2, 0.25) is 0 Å². The molecule has 2 heteroatoms. The van der Waals surface area contributed by atoms with E-state index in [1.807, 2.05) is 23.9 Å². The van der Waals surface area contributed by atoms with E-state index >= 15 is 0 Å². The van der Waals surface area contributed by atoms with Crippen LogP contribution in [0.3, 0.4) is 0 Å². The minimum absolute atomic E-state index is 0.210. The van der Waals surface area contributed by atoms with Crippen LogP contribution in [0.15, 0.2) is 24.0 Å². The second-order valence-electron chi connectivity index (χ2n) is 3.68. The van der Waals surface area contributed by atoms with Crippen molar-refractivity contribution < 1.29 is 5.11 Å². The first-order chi connectivity index (χ1) is 6.16. The molecule has 0 saturated carbocycles. The second-order valence-corrected chi connectivity index (χ2v) is 5.31. The summed E-state index contributed by atoms with van der Waals surface area (Å²) in [6, 6.07) is 0. The zero-order valence-corrected chi connectivity index (χ0v) is 9.23. The molecule has 0 fully saturated rings. The SMILES string of the molecule is CCCCSC1(C)C=CC(O)=CC1. The van der Waals surface area contributed by atoms with Crippen molar-refractivity contribution in [2.45, 2.75) is 37.9 Å². The highest BCUT2D eigenvalue weighted by molar-refractivity contribution is 8.00. The monoisotopic (exact) mass is 198 g/mol. The predicted octanol–water partition coefficient (Wildman–Crippen LogP) is 3.68. The van der Waals surface area contributed by atoms with Gasteiger partial charge >= 0.3 is 0 Å². The Balaban J connectivity index is 2.37. The average Bonchev–Trinajstić information content (AvgIpc) is 2.12. The van der Waals surface area contributed by atoms with Crippen molar-refractivity contribution >= 4 is 11.8 Å². The highest BCUT2D eigenvalue weighted by Crippen LogP contribution is 2.34. The first-order valence-corrected chi connectivity index (χ1v) is 5.87. The number of hydrogen-bond acceptors (Lipinski definition) is 2. The van der Waals surface area contributed by atoms with E-state index in [0.29, 0.717) is 5.76 Å². The normalized spacial score (nSPS) is 27.4. The van der Waals surface area contributed by atoms with Crippen LogP contribution in [-0.2, 0) is 0 Å². The lowest BCUT2D eigenvalue weighted by atomic mass is 10.0. The van der Waals surface area contributed by atoms with Crippen LogP contribution in [0.25, 0.3) is 0 Å². The van der Waals surface area contributed by atoms with Crippen LogP contribution in [0.4, 0.5) is 0 Å². The van der Waals surface area contributed by atoms with Gasteiger partial charge in [0.15, 0.2) is 0 Å². The minimum atomic E-state index is 0.210. The fourth-order valence-electron chi connectivity index (χ4n) is 1.26. The van der Waals surface area contributed by atoms with Crippen molar-refractivity contribution in [2.24, 2.45) is 0 Å². The summed E-state index contributed by atoms with van der Waals surface area (Å²) in [6.07, 6.45) is 9.31. The van der Waals surface area contributed by atoms with Crippen LogP contribution in [0.5, 0.6) is 0 Å². The zero-order chi connectivity index (χ0) is 9.73. The summed E-state index contributed by atoms with van der Waals surface area (Å²) in [6.45, 7) is 4.44. The molecule has 1 aliphatic rings. The van der Waals surface area contributed by atoms with E-state index in [2.05, 4.69) is 19.9 Å². The van der Waals surface area contributed by atoms with E-state index < -0.39 is 0 Å². The topological polar surface area (TPSA) is 20.2 Å². The van der Waals surface area contributed by atoms with Gasteiger partial charge in [0, 0.05) is 4.75 Å². The molecule has 13 heavy (non-hydrogen) atoms. The maximum atomic E-state index is 9.18. The van der Waals surface area contributed by atoms with Crippen molar-refractivity contribution in [1.29, 1.82) is 0 Å². The van der Waals surface area contributed by atoms with E-state index in [0.717, 1.165) is 6.42 Å². The molecule has 1 nitrogen and oxygen atoms in total. The molecular formula is C11H18OS. The van der Waals surface area contributed by atoms with Gasteiger partial charge in [-0.05, 0) is 37.7 Å². The molecule has 0 aromatic heterocycles. The number of thioether (sulfide) groups is 1. The van der Waals surface area contributed by atoms with E-state index in [9.17, 15) is 5.11 Å². The molecule has 0 spiro atoms. The molecule has 1 atom stereocenters. The molecule has 0 amide bonds. The molecule has 1 rings (SSSR count). The number of allylic oxidation sites excluding steroid dienone is 2. The van der Waals surface area contributed by atoms with Crippen LogP contribution in [0.2, 0.25) is 0 Å². The van der Waals surface area contributed by atoms with E-state index in [1.165, 1.54) is 18.6 Å². The van der Waals surface area contributed by atoms with Gasteiger partial charge in [-0.2, -0.15) is 11.8 Å². The Hall–Kier alpha value is -0.370. The van der Waals surface area contributed by atoms with Gasteiger partial charge in [-0.1, -0.05) is 19.4 Å². The smallest absolute Gasteiger partial charge is 0.111 e. The summed E-state index contributed by atoms with van der Waals surface area (Å²) in [7, 11) is 0. The van der Waals surface area contributed by atoms with E-state index in [1.54, 1.807) is 0 Å². The highest BCUT2D eigenvalue weighted by Gasteiger charge is 2.22. The summed E-state index contributed by atoms with van der Waals surface area (Å²) >= 11 is 1.98. The number of aliphatic hydroxyl groups excluding tert-OH is 1. The molecule has 0 aromatic rings. The van der Waals surface area contributed by atoms with E-state index in [-0.39, 0.29) is 4.75 Å². The molecule has 0 saturated heterocycles. The van der Waals surface area contributed by atoms with Gasteiger partial charge in [0.05, 0.1) is 0 Å².